The first kappa shape index (κ1) is 13.9. The molecule has 21 heavy (non-hydrogen) atoms. The van der Waals surface area contributed by atoms with Gasteiger partial charge in [0, 0.05) is 11.4 Å². The number of nitriles is 1. The van der Waals surface area contributed by atoms with Crippen LogP contribution in [0.2, 0.25) is 0 Å². The minimum absolute atomic E-state index is 0.000972. The number of carbonyl (C=O) groups excluding carboxylic acids is 1. The van der Waals surface area contributed by atoms with E-state index in [1.165, 1.54) is 16.9 Å². The Balaban J connectivity index is 1.77. The normalized spacial score (nSPS) is 12.9. The number of furan rings is 1. The number of nitrogens with zero attached hydrogens (tertiary/aromatic N) is 2. The molecule has 0 saturated heterocycles. The Morgan fingerprint density at radius 3 is 3.10 bits per heavy atom. The Bertz CT molecular complexity index is 646. The number of amides is 1. The van der Waals surface area contributed by atoms with Crippen LogP contribution in [0.1, 0.15) is 38.7 Å². The van der Waals surface area contributed by atoms with Crippen molar-refractivity contribution in [3.05, 3.63) is 45.5 Å². The van der Waals surface area contributed by atoms with Gasteiger partial charge in [0.15, 0.2) is 0 Å². The maximum atomic E-state index is 12.7. The van der Waals surface area contributed by atoms with Crippen LogP contribution in [-0.4, -0.2) is 17.4 Å². The summed E-state index contributed by atoms with van der Waals surface area (Å²) in [5.74, 6) is 0.742. The van der Waals surface area contributed by atoms with Crippen molar-refractivity contribution in [2.45, 2.75) is 32.2 Å². The molecule has 0 spiro atoms. The van der Waals surface area contributed by atoms with Gasteiger partial charge in [0.2, 0.25) is 0 Å². The average molecular weight is 300 g/mol. The number of carbonyl (C=O) groups is 1. The van der Waals surface area contributed by atoms with Crippen LogP contribution in [0.4, 0.5) is 0 Å². The summed E-state index contributed by atoms with van der Waals surface area (Å²) in [6.07, 6.45) is 5.29. The van der Waals surface area contributed by atoms with Crippen LogP contribution in [0.15, 0.2) is 28.9 Å². The summed E-state index contributed by atoms with van der Waals surface area (Å²) in [6, 6.07) is 7.78. The molecule has 3 rings (SSSR count). The third kappa shape index (κ3) is 3.01. The summed E-state index contributed by atoms with van der Waals surface area (Å²) in [5.41, 5.74) is 1.32. The zero-order valence-corrected chi connectivity index (χ0v) is 12.5. The molecule has 0 N–H and O–H groups in total. The van der Waals surface area contributed by atoms with E-state index in [9.17, 15) is 4.79 Å². The standard InChI is InChI=1S/C16H16N2O2S/c17-7-3-8-18(11-13-5-2-9-20-13)16(19)15-10-12-4-1-6-14(12)21-15/h2,5,9-10H,1,3-4,6,8,11H2. The van der Waals surface area contributed by atoms with Crippen molar-refractivity contribution in [1.82, 2.24) is 4.90 Å². The van der Waals surface area contributed by atoms with Crippen molar-refractivity contribution in [2.24, 2.45) is 0 Å². The van der Waals surface area contributed by atoms with Crippen LogP contribution in [0.25, 0.3) is 0 Å². The van der Waals surface area contributed by atoms with Crippen LogP contribution < -0.4 is 0 Å². The SMILES string of the molecule is N#CCCN(Cc1ccco1)C(=O)c1cc2c(s1)CCC2. The number of rotatable bonds is 5. The Morgan fingerprint density at radius 2 is 2.38 bits per heavy atom. The number of hydrogen-bond acceptors (Lipinski definition) is 4. The first-order valence-corrected chi connectivity index (χ1v) is 7.90. The molecule has 0 aliphatic heterocycles. The zero-order chi connectivity index (χ0) is 14.7. The lowest BCUT2D eigenvalue weighted by Crippen LogP contribution is -2.30. The van der Waals surface area contributed by atoms with Crippen molar-refractivity contribution >= 4 is 17.2 Å². The largest absolute Gasteiger partial charge is 0.467 e. The van der Waals surface area contributed by atoms with E-state index >= 15 is 0 Å². The van der Waals surface area contributed by atoms with Crippen LogP contribution in [0, 0.1) is 11.3 Å². The summed E-state index contributed by atoms with van der Waals surface area (Å²) in [4.78, 5) is 16.5. The van der Waals surface area contributed by atoms with E-state index in [-0.39, 0.29) is 5.91 Å². The van der Waals surface area contributed by atoms with E-state index in [1.54, 1.807) is 22.5 Å². The second kappa shape index (κ2) is 6.15. The molecule has 1 aliphatic rings. The summed E-state index contributed by atoms with van der Waals surface area (Å²) in [6.45, 7) is 0.842. The minimum atomic E-state index is 0.000972. The van der Waals surface area contributed by atoms with Gasteiger partial charge in [-0.15, -0.1) is 11.3 Å². The molecule has 2 heterocycles. The maximum absolute atomic E-state index is 12.7. The van der Waals surface area contributed by atoms with Gasteiger partial charge in [-0.3, -0.25) is 4.79 Å². The predicted molar refractivity (Wildman–Crippen MR) is 80.0 cm³/mol. The number of aryl methyl sites for hydroxylation is 2. The lowest BCUT2D eigenvalue weighted by Gasteiger charge is -2.19. The molecular weight excluding hydrogens is 284 g/mol. The molecule has 2 aromatic heterocycles. The summed E-state index contributed by atoms with van der Waals surface area (Å²) in [5, 5.41) is 8.78. The highest BCUT2D eigenvalue weighted by atomic mass is 32.1. The molecule has 4 nitrogen and oxygen atoms in total. The highest BCUT2D eigenvalue weighted by molar-refractivity contribution is 7.14. The molecule has 1 amide bonds. The molecule has 0 atom stereocenters. The lowest BCUT2D eigenvalue weighted by atomic mass is 10.2. The molecular formula is C16H16N2O2S. The molecule has 0 aromatic carbocycles. The monoisotopic (exact) mass is 300 g/mol. The van der Waals surface area contributed by atoms with Crippen molar-refractivity contribution in [3.63, 3.8) is 0 Å². The van der Waals surface area contributed by atoms with E-state index < -0.39 is 0 Å². The molecule has 0 radical (unpaired) electrons. The number of hydrogen-bond donors (Lipinski definition) is 0. The first-order valence-electron chi connectivity index (χ1n) is 7.08. The van der Waals surface area contributed by atoms with Crippen LogP contribution >= 0.6 is 11.3 Å². The zero-order valence-electron chi connectivity index (χ0n) is 11.7. The van der Waals surface area contributed by atoms with E-state index in [1.807, 2.05) is 18.2 Å². The third-order valence-corrected chi connectivity index (χ3v) is 4.89. The van der Waals surface area contributed by atoms with E-state index in [2.05, 4.69) is 6.07 Å². The van der Waals surface area contributed by atoms with E-state index in [0.29, 0.717) is 19.5 Å². The van der Waals surface area contributed by atoms with Gasteiger partial charge < -0.3 is 9.32 Å². The summed E-state index contributed by atoms with van der Waals surface area (Å²) < 4.78 is 5.32. The molecule has 0 saturated carbocycles. The van der Waals surface area contributed by atoms with Gasteiger partial charge >= 0.3 is 0 Å². The van der Waals surface area contributed by atoms with Crippen LogP contribution in [0.5, 0.6) is 0 Å². The fraction of sp³-hybridized carbons (Fsp3) is 0.375. The summed E-state index contributed by atoms with van der Waals surface area (Å²) in [7, 11) is 0. The Morgan fingerprint density at radius 1 is 1.48 bits per heavy atom. The highest BCUT2D eigenvalue weighted by Crippen LogP contribution is 2.31. The summed E-state index contributed by atoms with van der Waals surface area (Å²) >= 11 is 1.60. The van der Waals surface area contributed by atoms with Gasteiger partial charge in [-0.2, -0.15) is 5.26 Å². The van der Waals surface area contributed by atoms with Gasteiger partial charge in [0.1, 0.15) is 5.76 Å². The van der Waals surface area contributed by atoms with Gasteiger partial charge in [-0.1, -0.05) is 0 Å². The van der Waals surface area contributed by atoms with Crippen molar-refractivity contribution in [2.75, 3.05) is 6.54 Å². The van der Waals surface area contributed by atoms with Gasteiger partial charge in [-0.05, 0) is 43.0 Å². The lowest BCUT2D eigenvalue weighted by molar-refractivity contribution is 0.0740. The van der Waals surface area contributed by atoms with Crippen molar-refractivity contribution in [1.29, 1.82) is 5.26 Å². The Kier molecular flexibility index (Phi) is 4.07. The fourth-order valence-electron chi connectivity index (χ4n) is 2.62. The first-order chi connectivity index (χ1) is 10.3. The minimum Gasteiger partial charge on any atom is -0.467 e. The van der Waals surface area contributed by atoms with Crippen LogP contribution in [0.3, 0.4) is 0 Å². The predicted octanol–water partition coefficient (Wildman–Crippen LogP) is 3.39. The maximum Gasteiger partial charge on any atom is 0.264 e. The van der Waals surface area contributed by atoms with Gasteiger partial charge in [-0.25, -0.2) is 0 Å². The molecule has 108 valence electrons. The fourth-order valence-corrected chi connectivity index (χ4v) is 3.84. The van der Waals surface area contributed by atoms with E-state index in [0.717, 1.165) is 23.5 Å². The average Bonchev–Trinajstić information content (AvgIpc) is 3.18. The Hall–Kier alpha value is -2.06. The molecule has 0 bridgehead atoms. The molecule has 0 unspecified atom stereocenters. The second-order valence-corrected chi connectivity index (χ2v) is 6.26. The number of thiophene rings is 1. The molecule has 1 aliphatic carbocycles. The van der Waals surface area contributed by atoms with Gasteiger partial charge in [0.05, 0.1) is 30.2 Å². The third-order valence-electron chi connectivity index (χ3n) is 3.66. The van der Waals surface area contributed by atoms with Crippen molar-refractivity contribution < 1.29 is 9.21 Å². The van der Waals surface area contributed by atoms with E-state index in [4.69, 9.17) is 9.68 Å². The molecule has 5 heteroatoms. The van der Waals surface area contributed by atoms with Crippen molar-refractivity contribution in [3.8, 4) is 6.07 Å². The Labute approximate surface area is 127 Å². The topological polar surface area (TPSA) is 57.2 Å². The highest BCUT2D eigenvalue weighted by Gasteiger charge is 2.22. The quantitative estimate of drug-likeness (QED) is 0.850. The number of fused-ring (bicyclic) bond motifs is 1. The molecule has 0 fully saturated rings. The smallest absolute Gasteiger partial charge is 0.264 e. The second-order valence-electron chi connectivity index (χ2n) is 5.13. The molecule has 2 aromatic rings. The van der Waals surface area contributed by atoms with Crippen LogP contribution in [-0.2, 0) is 19.4 Å². The van der Waals surface area contributed by atoms with Gasteiger partial charge in [0.25, 0.3) is 5.91 Å².